The largest absolute Gasteiger partial charge is 0.481 e. The highest BCUT2D eigenvalue weighted by atomic mass is 19.3. The Morgan fingerprint density at radius 1 is 1.44 bits per heavy atom. The zero-order valence-electron chi connectivity index (χ0n) is 12.7. The molecule has 2 heterocycles. The summed E-state index contributed by atoms with van der Waals surface area (Å²) in [6, 6.07) is 1.10. The molecule has 0 spiro atoms. The van der Waals surface area contributed by atoms with Crippen LogP contribution in [0.1, 0.15) is 19.1 Å². The average molecular weight is 363 g/mol. The fourth-order valence-corrected chi connectivity index (χ4v) is 2.17. The SMILES string of the molecule is Nc1ccn(C2OC(COC(=O)CCC(=O)O)C(O)C2(F)F)c(=O)n1. The van der Waals surface area contributed by atoms with Gasteiger partial charge in [0.2, 0.25) is 6.23 Å². The van der Waals surface area contributed by atoms with Gasteiger partial charge in [0.15, 0.2) is 6.10 Å². The van der Waals surface area contributed by atoms with E-state index >= 15 is 0 Å². The maximum Gasteiger partial charge on any atom is 0.351 e. The summed E-state index contributed by atoms with van der Waals surface area (Å²) in [5.41, 5.74) is 4.18. The van der Waals surface area contributed by atoms with Crippen LogP contribution in [0.15, 0.2) is 17.1 Å². The number of alkyl halides is 2. The van der Waals surface area contributed by atoms with Gasteiger partial charge in [-0.05, 0) is 6.07 Å². The van der Waals surface area contributed by atoms with Crippen LogP contribution < -0.4 is 11.4 Å². The van der Waals surface area contributed by atoms with E-state index in [-0.39, 0.29) is 5.82 Å². The minimum atomic E-state index is -3.86. The van der Waals surface area contributed by atoms with Crippen LogP contribution in [0.2, 0.25) is 0 Å². The molecule has 1 aliphatic rings. The van der Waals surface area contributed by atoms with Crippen LogP contribution in [0.5, 0.6) is 0 Å². The number of carboxylic acid groups (broad SMARTS) is 1. The van der Waals surface area contributed by atoms with E-state index in [4.69, 9.17) is 15.6 Å². The molecule has 1 aliphatic heterocycles. The Labute approximate surface area is 138 Å². The van der Waals surface area contributed by atoms with Gasteiger partial charge in [-0.3, -0.25) is 14.2 Å². The molecule has 1 saturated heterocycles. The molecule has 0 amide bonds. The first-order valence-electron chi connectivity index (χ1n) is 7.06. The number of hydrogen-bond acceptors (Lipinski definition) is 8. The molecule has 138 valence electrons. The van der Waals surface area contributed by atoms with Gasteiger partial charge in [0.05, 0.1) is 12.8 Å². The van der Waals surface area contributed by atoms with Crippen molar-refractivity contribution in [2.75, 3.05) is 12.3 Å². The highest BCUT2D eigenvalue weighted by Gasteiger charge is 2.60. The number of ether oxygens (including phenoxy) is 2. The molecule has 12 heteroatoms. The van der Waals surface area contributed by atoms with E-state index in [9.17, 15) is 28.3 Å². The predicted molar refractivity (Wildman–Crippen MR) is 75.6 cm³/mol. The highest BCUT2D eigenvalue weighted by molar-refractivity contribution is 5.76. The van der Waals surface area contributed by atoms with Crippen LogP contribution in [-0.4, -0.2) is 56.4 Å². The van der Waals surface area contributed by atoms with Crippen molar-refractivity contribution in [3.63, 3.8) is 0 Å². The van der Waals surface area contributed by atoms with E-state index < -0.39 is 61.4 Å². The quantitative estimate of drug-likeness (QED) is 0.547. The number of rotatable bonds is 6. The van der Waals surface area contributed by atoms with Gasteiger partial charge in [-0.2, -0.15) is 13.8 Å². The molecule has 3 unspecified atom stereocenters. The Hall–Kier alpha value is -2.60. The van der Waals surface area contributed by atoms with E-state index in [1.807, 2.05) is 0 Å². The molecule has 2 rings (SSSR count). The van der Waals surface area contributed by atoms with Gasteiger partial charge in [0, 0.05) is 6.20 Å². The Bertz CT molecular complexity index is 724. The Balaban J connectivity index is 2.07. The molecule has 10 nitrogen and oxygen atoms in total. The Kier molecular flexibility index (Phi) is 5.33. The monoisotopic (exact) mass is 363 g/mol. The van der Waals surface area contributed by atoms with E-state index in [1.54, 1.807) is 0 Å². The Morgan fingerprint density at radius 2 is 2.12 bits per heavy atom. The number of aliphatic carboxylic acids is 1. The van der Waals surface area contributed by atoms with Crippen molar-refractivity contribution in [3.8, 4) is 0 Å². The van der Waals surface area contributed by atoms with Crippen molar-refractivity contribution in [1.29, 1.82) is 0 Å². The topological polar surface area (TPSA) is 154 Å². The minimum Gasteiger partial charge on any atom is -0.481 e. The molecule has 4 N–H and O–H groups in total. The maximum atomic E-state index is 14.2. The van der Waals surface area contributed by atoms with E-state index in [1.165, 1.54) is 0 Å². The van der Waals surface area contributed by atoms with Gasteiger partial charge in [0.1, 0.15) is 18.5 Å². The number of aliphatic hydroxyl groups is 1. The smallest absolute Gasteiger partial charge is 0.351 e. The first-order chi connectivity index (χ1) is 11.6. The molecule has 1 fully saturated rings. The number of hydrogen-bond donors (Lipinski definition) is 3. The molecule has 3 atom stereocenters. The summed E-state index contributed by atoms with van der Waals surface area (Å²) in [4.78, 5) is 36.6. The number of nitrogens with two attached hydrogens (primary N) is 1. The van der Waals surface area contributed by atoms with Crippen molar-refractivity contribution in [3.05, 3.63) is 22.7 Å². The minimum absolute atomic E-state index is 0.174. The number of aromatic nitrogens is 2. The van der Waals surface area contributed by atoms with Crippen molar-refractivity contribution in [1.82, 2.24) is 9.55 Å². The number of carbonyl (C=O) groups excluding carboxylic acids is 1. The molecule has 0 saturated carbocycles. The molecule has 1 aromatic heterocycles. The number of esters is 1. The van der Waals surface area contributed by atoms with Crippen LogP contribution in [0.4, 0.5) is 14.6 Å². The zero-order chi connectivity index (χ0) is 18.8. The molecule has 25 heavy (non-hydrogen) atoms. The molecule has 0 aliphatic carbocycles. The number of nitrogen functional groups attached to an aromatic ring is 1. The molecule has 0 aromatic carbocycles. The molecule has 0 radical (unpaired) electrons. The van der Waals surface area contributed by atoms with Crippen LogP contribution in [0, 0.1) is 0 Å². The van der Waals surface area contributed by atoms with E-state index in [0.717, 1.165) is 12.3 Å². The van der Waals surface area contributed by atoms with Crippen molar-refractivity contribution >= 4 is 17.8 Å². The van der Waals surface area contributed by atoms with Crippen LogP contribution in [0.25, 0.3) is 0 Å². The fraction of sp³-hybridized carbons (Fsp3) is 0.538. The number of nitrogens with zero attached hydrogens (tertiary/aromatic N) is 2. The second-order valence-electron chi connectivity index (χ2n) is 5.27. The number of aliphatic hydroxyl groups excluding tert-OH is 1. The number of halogens is 2. The third-order valence-corrected chi connectivity index (χ3v) is 3.44. The second kappa shape index (κ2) is 7.11. The summed E-state index contributed by atoms with van der Waals surface area (Å²) in [6.45, 7) is -0.733. The summed E-state index contributed by atoms with van der Waals surface area (Å²) in [6.07, 6.45) is -6.13. The second-order valence-corrected chi connectivity index (χ2v) is 5.27. The Morgan fingerprint density at radius 3 is 2.72 bits per heavy atom. The summed E-state index contributed by atoms with van der Waals surface area (Å²) in [5, 5.41) is 18.1. The first kappa shape index (κ1) is 18.7. The lowest BCUT2D eigenvalue weighted by Crippen LogP contribution is -2.42. The van der Waals surface area contributed by atoms with Gasteiger partial charge in [0.25, 0.3) is 0 Å². The lowest BCUT2D eigenvalue weighted by molar-refractivity contribution is -0.153. The van der Waals surface area contributed by atoms with Gasteiger partial charge in [-0.25, -0.2) is 4.79 Å². The maximum absolute atomic E-state index is 14.2. The average Bonchev–Trinajstić information content (AvgIpc) is 2.74. The molecular weight excluding hydrogens is 348 g/mol. The third-order valence-electron chi connectivity index (χ3n) is 3.44. The van der Waals surface area contributed by atoms with Gasteiger partial charge in [-0.15, -0.1) is 0 Å². The standard InChI is InChI=1S/C13H15F2N3O7/c14-13(15)10(22)6(5-24-9(21)2-1-8(19)20)25-11(13)18-4-3-7(16)17-12(18)23/h3-4,6,10-11,22H,1-2,5H2,(H,19,20)(H2,16,17,23). The van der Waals surface area contributed by atoms with Crippen molar-refractivity contribution in [2.24, 2.45) is 0 Å². The van der Waals surface area contributed by atoms with Crippen molar-refractivity contribution in [2.45, 2.75) is 37.2 Å². The van der Waals surface area contributed by atoms with E-state index in [2.05, 4.69) is 9.72 Å². The van der Waals surface area contributed by atoms with E-state index in [0.29, 0.717) is 4.57 Å². The van der Waals surface area contributed by atoms with Crippen LogP contribution >= 0.6 is 0 Å². The number of carboxylic acids is 1. The number of carbonyl (C=O) groups is 2. The summed E-state index contributed by atoms with van der Waals surface area (Å²) >= 11 is 0. The first-order valence-corrected chi connectivity index (χ1v) is 7.06. The lowest BCUT2D eigenvalue weighted by Gasteiger charge is -2.20. The summed E-state index contributed by atoms with van der Waals surface area (Å²) < 4.78 is 38.4. The normalized spacial score (nSPS) is 24.8. The van der Waals surface area contributed by atoms with Gasteiger partial charge < -0.3 is 25.4 Å². The highest BCUT2D eigenvalue weighted by Crippen LogP contribution is 2.42. The summed E-state index contributed by atoms with van der Waals surface area (Å²) in [7, 11) is 0. The van der Waals surface area contributed by atoms with Crippen LogP contribution in [0.3, 0.4) is 0 Å². The zero-order valence-corrected chi connectivity index (χ0v) is 12.7. The van der Waals surface area contributed by atoms with Gasteiger partial charge >= 0.3 is 23.6 Å². The third kappa shape index (κ3) is 4.09. The van der Waals surface area contributed by atoms with Gasteiger partial charge in [-0.1, -0.05) is 0 Å². The predicted octanol–water partition coefficient (Wildman–Crippen LogP) is -0.873. The summed E-state index contributed by atoms with van der Waals surface area (Å²) in [5.74, 6) is -6.21. The lowest BCUT2D eigenvalue weighted by atomic mass is 10.1. The number of anilines is 1. The van der Waals surface area contributed by atoms with Crippen LogP contribution in [-0.2, 0) is 19.1 Å². The fourth-order valence-electron chi connectivity index (χ4n) is 2.17. The molecular formula is C13H15F2N3O7. The molecule has 0 bridgehead atoms. The molecule has 1 aromatic rings. The van der Waals surface area contributed by atoms with Crippen molar-refractivity contribution < 1.29 is 38.1 Å².